The zero-order valence-corrected chi connectivity index (χ0v) is 26.0. The number of esters is 1. The van der Waals surface area contributed by atoms with Crippen LogP contribution in [0.25, 0.3) is 11.1 Å². The molecule has 45 heavy (non-hydrogen) atoms. The molecule has 5 aromatic rings. The lowest BCUT2D eigenvalue weighted by atomic mass is 9.79. The van der Waals surface area contributed by atoms with E-state index in [4.69, 9.17) is 21.1 Å². The van der Waals surface area contributed by atoms with Gasteiger partial charge in [0, 0.05) is 33.7 Å². The molecule has 0 aromatic heterocycles. The molecular weight excluding hydrogens is 582 g/mol. The number of aryl methyl sites for hydroxylation is 1. The fourth-order valence-corrected chi connectivity index (χ4v) is 6.48. The van der Waals surface area contributed by atoms with Crippen molar-refractivity contribution in [2.24, 2.45) is 0 Å². The summed E-state index contributed by atoms with van der Waals surface area (Å²) in [5.74, 6) is -0.550. The van der Waals surface area contributed by atoms with E-state index in [0.717, 1.165) is 38.9 Å². The van der Waals surface area contributed by atoms with Gasteiger partial charge in [-0.05, 0) is 42.2 Å². The first kappa shape index (κ1) is 30.2. The highest BCUT2D eigenvalue weighted by Gasteiger charge is 2.42. The van der Waals surface area contributed by atoms with Crippen molar-refractivity contribution in [2.45, 2.75) is 37.8 Å². The zero-order valence-electron chi connectivity index (χ0n) is 25.2. The summed E-state index contributed by atoms with van der Waals surface area (Å²) in [6, 6.07) is 40.7. The molecule has 2 atom stereocenters. The lowest BCUT2D eigenvalue weighted by Crippen LogP contribution is -2.39. The molecule has 5 aromatic carbocycles. The number of carbonyl (C=O) groups is 2. The summed E-state index contributed by atoms with van der Waals surface area (Å²) < 4.78 is 12.2. The number of ether oxygens (including phenoxy) is 2. The Labute approximate surface area is 268 Å². The first-order valence-corrected chi connectivity index (χ1v) is 15.5. The van der Waals surface area contributed by atoms with Crippen LogP contribution < -0.4 is 5.32 Å². The monoisotopic (exact) mass is 615 g/mol. The Kier molecular flexibility index (Phi) is 8.72. The van der Waals surface area contributed by atoms with E-state index >= 15 is 0 Å². The van der Waals surface area contributed by atoms with Crippen LogP contribution in [0, 0.1) is 6.92 Å². The van der Waals surface area contributed by atoms with E-state index in [1.165, 1.54) is 0 Å². The Balaban J connectivity index is 1.19. The second kappa shape index (κ2) is 13.0. The van der Waals surface area contributed by atoms with Crippen molar-refractivity contribution in [2.75, 3.05) is 6.61 Å². The highest BCUT2D eigenvalue weighted by atomic mass is 35.5. The second-order valence-electron chi connectivity index (χ2n) is 11.4. The first-order valence-electron chi connectivity index (χ1n) is 15.1. The number of halogens is 1. The predicted octanol–water partition coefficient (Wildman–Crippen LogP) is 8.80. The average molecular weight is 616 g/mol. The number of hydrogen-bond acceptors (Lipinski definition) is 4. The van der Waals surface area contributed by atoms with Gasteiger partial charge in [0.1, 0.15) is 6.61 Å². The van der Waals surface area contributed by atoms with Crippen LogP contribution in [-0.4, -0.2) is 24.7 Å². The summed E-state index contributed by atoms with van der Waals surface area (Å²) in [6.07, 6.45) is -0.661. The van der Waals surface area contributed by atoms with Gasteiger partial charge >= 0.3 is 12.1 Å². The molecule has 226 valence electrons. The van der Waals surface area contributed by atoms with E-state index in [0.29, 0.717) is 10.6 Å². The molecule has 0 saturated heterocycles. The van der Waals surface area contributed by atoms with Crippen LogP contribution in [0.5, 0.6) is 0 Å². The van der Waals surface area contributed by atoms with Crippen LogP contribution in [-0.2, 0) is 19.9 Å². The van der Waals surface area contributed by atoms with Crippen molar-refractivity contribution in [3.8, 4) is 11.1 Å². The third-order valence-corrected chi connectivity index (χ3v) is 8.67. The minimum atomic E-state index is -1.31. The fraction of sp³-hybridized carbons (Fsp3) is 0.179. The van der Waals surface area contributed by atoms with Gasteiger partial charge in [0.25, 0.3) is 0 Å². The van der Waals surface area contributed by atoms with Crippen LogP contribution >= 0.6 is 11.6 Å². The fourth-order valence-electron chi connectivity index (χ4n) is 6.21. The molecule has 1 aliphatic rings. The third kappa shape index (κ3) is 6.09. The van der Waals surface area contributed by atoms with Crippen molar-refractivity contribution in [1.82, 2.24) is 5.32 Å². The number of alkyl carbamates (subject to hydrolysis) is 1. The maximum atomic E-state index is 13.7. The molecule has 1 aliphatic carbocycles. The molecule has 1 unspecified atom stereocenters. The van der Waals surface area contributed by atoms with Crippen molar-refractivity contribution >= 4 is 23.7 Å². The number of carbonyl (C=O) groups excluding carboxylic acids is 2. The summed E-state index contributed by atoms with van der Waals surface area (Å²) in [6.45, 7) is 3.95. The maximum absolute atomic E-state index is 13.7. The molecule has 0 bridgehead atoms. The summed E-state index contributed by atoms with van der Waals surface area (Å²) in [5.41, 5.74) is 6.52. The average Bonchev–Trinajstić information content (AvgIpc) is 3.37. The Morgan fingerprint density at radius 1 is 0.756 bits per heavy atom. The standard InChI is InChI=1S/C39H34ClNO4/c1-26-20-22-29(23-21-26)39(28-12-4-3-5-13-28,35-18-10-11-19-36(35)40)45-37(42)24-27(2)41-38(43)44-25-34-32-16-8-6-14-30(32)31-15-7-9-17-33(31)34/h3-23,27,34H,24-25H2,1-2H3,(H,41,43)/t27-,39?/m0/s1. The number of rotatable bonds is 9. The smallest absolute Gasteiger partial charge is 0.407 e. The molecule has 0 spiro atoms. The first-order chi connectivity index (χ1) is 21.9. The normalized spacial score (nSPS) is 14.0. The summed E-state index contributed by atoms with van der Waals surface area (Å²) in [4.78, 5) is 26.7. The number of hydrogen-bond donors (Lipinski definition) is 1. The van der Waals surface area contributed by atoms with Crippen LogP contribution in [0.2, 0.25) is 5.02 Å². The van der Waals surface area contributed by atoms with Crippen molar-refractivity contribution in [3.63, 3.8) is 0 Å². The molecule has 1 N–H and O–H groups in total. The Morgan fingerprint density at radius 3 is 1.96 bits per heavy atom. The summed E-state index contributed by atoms with van der Waals surface area (Å²) in [5, 5.41) is 3.29. The topological polar surface area (TPSA) is 64.6 Å². The molecule has 0 saturated carbocycles. The summed E-state index contributed by atoms with van der Waals surface area (Å²) in [7, 11) is 0. The van der Waals surface area contributed by atoms with Gasteiger partial charge in [-0.3, -0.25) is 4.79 Å². The van der Waals surface area contributed by atoms with Crippen molar-refractivity contribution in [1.29, 1.82) is 0 Å². The lowest BCUT2D eigenvalue weighted by Gasteiger charge is -2.36. The molecule has 5 nitrogen and oxygen atoms in total. The van der Waals surface area contributed by atoms with E-state index in [-0.39, 0.29) is 18.9 Å². The molecule has 6 rings (SSSR count). The van der Waals surface area contributed by atoms with Gasteiger partial charge in [0.05, 0.1) is 6.42 Å². The number of fused-ring (bicyclic) bond motifs is 3. The number of benzene rings is 5. The van der Waals surface area contributed by atoms with Gasteiger partial charge in [-0.2, -0.15) is 0 Å². The lowest BCUT2D eigenvalue weighted by molar-refractivity contribution is -0.154. The second-order valence-corrected chi connectivity index (χ2v) is 11.8. The van der Waals surface area contributed by atoms with E-state index in [1.807, 2.05) is 104 Å². The predicted molar refractivity (Wildman–Crippen MR) is 177 cm³/mol. The third-order valence-electron chi connectivity index (χ3n) is 8.34. The minimum absolute atomic E-state index is 0.0555. The van der Waals surface area contributed by atoms with Crippen molar-refractivity contribution < 1.29 is 19.1 Å². The van der Waals surface area contributed by atoms with Gasteiger partial charge in [0.15, 0.2) is 5.60 Å². The van der Waals surface area contributed by atoms with Crippen LogP contribution in [0.3, 0.4) is 0 Å². The van der Waals surface area contributed by atoms with Gasteiger partial charge < -0.3 is 14.8 Å². The van der Waals surface area contributed by atoms with Crippen molar-refractivity contribution in [3.05, 3.63) is 166 Å². The SMILES string of the molecule is Cc1ccc(C(OC(=O)C[C@H](C)NC(=O)OCC2c3ccccc3-c3ccccc32)(c2ccccc2)c2ccccc2Cl)cc1. The highest BCUT2D eigenvalue weighted by Crippen LogP contribution is 2.45. The highest BCUT2D eigenvalue weighted by molar-refractivity contribution is 6.31. The minimum Gasteiger partial charge on any atom is -0.449 e. The molecule has 1 amide bonds. The van der Waals surface area contributed by atoms with Gasteiger partial charge in [-0.15, -0.1) is 0 Å². The van der Waals surface area contributed by atoms with Gasteiger partial charge in [-0.25, -0.2) is 4.79 Å². The van der Waals surface area contributed by atoms with Crippen LogP contribution in [0.1, 0.15) is 52.6 Å². The van der Waals surface area contributed by atoms with E-state index in [1.54, 1.807) is 13.0 Å². The maximum Gasteiger partial charge on any atom is 0.407 e. The summed E-state index contributed by atoms with van der Waals surface area (Å²) >= 11 is 6.78. The molecular formula is C39H34ClNO4. The zero-order chi connectivity index (χ0) is 31.4. The number of nitrogens with one attached hydrogen (secondary N) is 1. The van der Waals surface area contributed by atoms with E-state index in [2.05, 4.69) is 29.6 Å². The van der Waals surface area contributed by atoms with Gasteiger partial charge in [0.2, 0.25) is 0 Å². The molecule has 0 heterocycles. The Bertz CT molecular complexity index is 1780. The Morgan fingerprint density at radius 2 is 1.31 bits per heavy atom. The molecule has 6 heteroatoms. The van der Waals surface area contributed by atoms with Crippen LogP contribution in [0.15, 0.2) is 127 Å². The molecule has 0 fully saturated rings. The quantitative estimate of drug-likeness (QED) is 0.133. The van der Waals surface area contributed by atoms with E-state index < -0.39 is 23.7 Å². The van der Waals surface area contributed by atoms with Gasteiger partial charge in [-0.1, -0.05) is 138 Å². The van der Waals surface area contributed by atoms with Crippen LogP contribution in [0.4, 0.5) is 4.79 Å². The van der Waals surface area contributed by atoms with E-state index in [9.17, 15) is 9.59 Å². The largest absolute Gasteiger partial charge is 0.449 e. The molecule has 0 radical (unpaired) electrons. The Hall–Kier alpha value is -4.87. The number of amides is 1. The molecule has 0 aliphatic heterocycles.